The van der Waals surface area contributed by atoms with Crippen molar-refractivity contribution in [2.75, 3.05) is 11.4 Å². The molecule has 2 heterocycles. The van der Waals surface area contributed by atoms with E-state index in [4.69, 9.17) is 10.2 Å². The molecule has 5 nitrogen and oxygen atoms in total. The molecule has 0 unspecified atom stereocenters. The van der Waals surface area contributed by atoms with Crippen molar-refractivity contribution >= 4 is 17.3 Å². The van der Waals surface area contributed by atoms with Gasteiger partial charge < -0.3 is 9.80 Å². The predicted octanol–water partition coefficient (Wildman–Crippen LogP) is 10.2. The Morgan fingerprint density at radius 1 is 0.822 bits per heavy atom. The maximum atomic E-state index is 15.2. The zero-order valence-electron chi connectivity index (χ0n) is 27.8. The number of nitrogens with zero attached hydrogens (tertiary/aromatic N) is 4. The monoisotopic (exact) mass is 598 g/mol. The van der Waals surface area contributed by atoms with Crippen LogP contribution in [0.3, 0.4) is 0 Å². The molecule has 0 bridgehead atoms. The van der Waals surface area contributed by atoms with E-state index >= 15 is 4.79 Å². The zero-order valence-corrected chi connectivity index (χ0v) is 27.8. The molecule has 2 aliphatic heterocycles. The molecule has 0 saturated carbocycles. The number of anilines is 1. The Hall–Kier alpha value is -4.25. The molecule has 2 aliphatic rings. The van der Waals surface area contributed by atoms with Gasteiger partial charge in [-0.1, -0.05) is 120 Å². The van der Waals surface area contributed by atoms with Crippen molar-refractivity contribution in [3.63, 3.8) is 0 Å². The summed E-state index contributed by atoms with van der Waals surface area (Å²) in [5.41, 5.74) is 9.23. The fourth-order valence-electron chi connectivity index (χ4n) is 7.15. The van der Waals surface area contributed by atoms with Crippen molar-refractivity contribution in [3.05, 3.63) is 130 Å². The Kier molecular flexibility index (Phi) is 8.39. The Bertz CT molecular complexity index is 1680. The first-order valence-electron chi connectivity index (χ1n) is 16.5. The standard InChI is InChI=1S/C40H46N4O/c1-26(2)31-23-33(27(3)4)37(34(24-31)28(5)6)38(45)43-22-21-40(42-41-32-19-17-29(7)18-20-32)35-15-11-12-16-36(35)44(39(40)43)25-30-13-9-8-10-14-30/h8-20,23-24,26-28,39H,21-22,25H2,1-7H3/t39-,40-/m0/s1. The molecule has 4 aromatic rings. The van der Waals surface area contributed by atoms with Crippen molar-refractivity contribution in [1.82, 2.24) is 4.90 Å². The van der Waals surface area contributed by atoms with Crippen molar-refractivity contribution < 1.29 is 4.79 Å². The quantitative estimate of drug-likeness (QED) is 0.190. The first-order chi connectivity index (χ1) is 21.6. The molecule has 0 N–H and O–H groups in total. The van der Waals surface area contributed by atoms with Crippen molar-refractivity contribution in [2.45, 2.75) is 90.9 Å². The van der Waals surface area contributed by atoms with Crippen LogP contribution in [-0.2, 0) is 12.1 Å². The predicted molar refractivity (Wildman–Crippen MR) is 185 cm³/mol. The first-order valence-corrected chi connectivity index (χ1v) is 16.5. The molecule has 45 heavy (non-hydrogen) atoms. The molecular weight excluding hydrogens is 552 g/mol. The molecule has 2 atom stereocenters. The van der Waals surface area contributed by atoms with Crippen LogP contribution in [0, 0.1) is 6.92 Å². The highest BCUT2D eigenvalue weighted by Gasteiger charge is 2.59. The van der Waals surface area contributed by atoms with Crippen LogP contribution in [-0.4, -0.2) is 23.5 Å². The second kappa shape index (κ2) is 12.3. The average Bonchev–Trinajstić information content (AvgIpc) is 3.54. The molecule has 6 rings (SSSR count). The molecule has 0 spiro atoms. The highest BCUT2D eigenvalue weighted by molar-refractivity contribution is 5.99. The average molecular weight is 599 g/mol. The summed E-state index contributed by atoms with van der Waals surface area (Å²) in [6, 6.07) is 31.8. The molecule has 232 valence electrons. The Morgan fingerprint density at radius 3 is 2.07 bits per heavy atom. The number of para-hydroxylation sites is 1. The van der Waals surface area contributed by atoms with Gasteiger partial charge in [-0.15, -0.1) is 0 Å². The lowest BCUT2D eigenvalue weighted by Gasteiger charge is -2.37. The van der Waals surface area contributed by atoms with Gasteiger partial charge in [-0.2, -0.15) is 10.2 Å². The number of rotatable bonds is 8. The van der Waals surface area contributed by atoms with Gasteiger partial charge in [0.2, 0.25) is 0 Å². The summed E-state index contributed by atoms with van der Waals surface area (Å²) in [5.74, 6) is 0.919. The molecule has 5 heteroatoms. The number of azo groups is 1. The summed E-state index contributed by atoms with van der Waals surface area (Å²) in [6.45, 7) is 16.6. The SMILES string of the molecule is Cc1ccc(N=N[C@]23CCN(C(=O)c4c(C(C)C)cc(C(C)C)cc4C(C)C)[C@H]2N(Cc2ccccc2)c2ccccc23)cc1. The summed E-state index contributed by atoms with van der Waals surface area (Å²) >= 11 is 0. The van der Waals surface area contributed by atoms with Gasteiger partial charge in [0, 0.05) is 36.3 Å². The summed E-state index contributed by atoms with van der Waals surface area (Å²) in [4.78, 5) is 19.7. The Labute approximate surface area is 269 Å². The highest BCUT2D eigenvalue weighted by atomic mass is 16.2. The van der Waals surface area contributed by atoms with Gasteiger partial charge >= 0.3 is 0 Å². The molecule has 0 aliphatic carbocycles. The molecule has 1 saturated heterocycles. The zero-order chi connectivity index (χ0) is 31.9. The van der Waals surface area contributed by atoms with Gasteiger partial charge in [0.15, 0.2) is 0 Å². The van der Waals surface area contributed by atoms with Crippen LogP contribution in [0.2, 0.25) is 0 Å². The van der Waals surface area contributed by atoms with E-state index in [0.717, 1.165) is 33.6 Å². The van der Waals surface area contributed by atoms with E-state index < -0.39 is 5.54 Å². The van der Waals surface area contributed by atoms with E-state index in [9.17, 15) is 0 Å². The van der Waals surface area contributed by atoms with Crippen LogP contribution in [0.15, 0.2) is 101 Å². The Balaban J connectivity index is 1.52. The van der Waals surface area contributed by atoms with E-state index in [0.29, 0.717) is 25.4 Å². The fraction of sp³-hybridized carbons (Fsp3) is 0.375. The van der Waals surface area contributed by atoms with Crippen LogP contribution in [0.4, 0.5) is 11.4 Å². The molecule has 0 radical (unpaired) electrons. The summed E-state index contributed by atoms with van der Waals surface area (Å²) in [6.07, 6.45) is 0.403. The second-order valence-corrected chi connectivity index (χ2v) is 13.8. The second-order valence-electron chi connectivity index (χ2n) is 13.8. The van der Waals surface area contributed by atoms with E-state index in [1.54, 1.807) is 0 Å². The maximum Gasteiger partial charge on any atom is 0.256 e. The molecule has 4 aromatic carbocycles. The number of amides is 1. The minimum atomic E-state index is -0.681. The van der Waals surface area contributed by atoms with Crippen LogP contribution >= 0.6 is 0 Å². The topological polar surface area (TPSA) is 48.3 Å². The number of hydrogen-bond donors (Lipinski definition) is 0. The first kappa shape index (κ1) is 30.8. The number of carbonyl (C=O) groups excluding carboxylic acids is 1. The molecular formula is C40H46N4O. The maximum absolute atomic E-state index is 15.2. The minimum Gasteiger partial charge on any atom is -0.344 e. The van der Waals surface area contributed by atoms with Crippen LogP contribution < -0.4 is 4.90 Å². The number of benzene rings is 4. The molecule has 1 fully saturated rings. The fourth-order valence-corrected chi connectivity index (χ4v) is 7.15. The molecule has 1 amide bonds. The van der Waals surface area contributed by atoms with Gasteiger partial charge in [-0.3, -0.25) is 4.79 Å². The van der Waals surface area contributed by atoms with Crippen LogP contribution in [0.5, 0.6) is 0 Å². The lowest BCUT2D eigenvalue weighted by molar-refractivity contribution is 0.0706. The van der Waals surface area contributed by atoms with Gasteiger partial charge in [0.25, 0.3) is 5.91 Å². The number of hydrogen-bond acceptors (Lipinski definition) is 4. The van der Waals surface area contributed by atoms with E-state index in [2.05, 4.69) is 137 Å². The third kappa shape index (κ3) is 5.58. The smallest absolute Gasteiger partial charge is 0.256 e. The number of aryl methyl sites for hydroxylation is 1. The van der Waals surface area contributed by atoms with Gasteiger partial charge in [0.05, 0.1) is 5.69 Å². The van der Waals surface area contributed by atoms with Crippen molar-refractivity contribution in [1.29, 1.82) is 0 Å². The van der Waals surface area contributed by atoms with E-state index in [1.165, 1.54) is 16.7 Å². The summed E-state index contributed by atoms with van der Waals surface area (Å²) < 4.78 is 0. The van der Waals surface area contributed by atoms with Gasteiger partial charge in [-0.05, 0) is 65.1 Å². The third-order valence-electron chi connectivity index (χ3n) is 9.61. The van der Waals surface area contributed by atoms with E-state index in [1.807, 2.05) is 12.1 Å². The lowest BCUT2D eigenvalue weighted by atomic mass is 9.84. The van der Waals surface area contributed by atoms with Crippen molar-refractivity contribution in [3.8, 4) is 0 Å². The third-order valence-corrected chi connectivity index (χ3v) is 9.61. The number of likely N-dealkylation sites (tertiary alicyclic amines) is 1. The van der Waals surface area contributed by atoms with Crippen molar-refractivity contribution in [2.24, 2.45) is 10.2 Å². The molecule has 0 aromatic heterocycles. The summed E-state index contributed by atoms with van der Waals surface area (Å²) in [7, 11) is 0. The summed E-state index contributed by atoms with van der Waals surface area (Å²) in [5, 5.41) is 10.1. The Morgan fingerprint density at radius 2 is 1.44 bits per heavy atom. The normalized spacial score (nSPS) is 19.3. The highest BCUT2D eigenvalue weighted by Crippen LogP contribution is 2.54. The largest absolute Gasteiger partial charge is 0.344 e. The van der Waals surface area contributed by atoms with Crippen LogP contribution in [0.1, 0.15) is 109 Å². The van der Waals surface area contributed by atoms with Crippen LogP contribution in [0.25, 0.3) is 0 Å². The minimum absolute atomic E-state index is 0.0981. The van der Waals surface area contributed by atoms with E-state index in [-0.39, 0.29) is 23.9 Å². The number of fused-ring (bicyclic) bond motifs is 3. The van der Waals surface area contributed by atoms with Gasteiger partial charge in [0.1, 0.15) is 11.7 Å². The van der Waals surface area contributed by atoms with Gasteiger partial charge in [-0.25, -0.2) is 0 Å². The number of carbonyl (C=O) groups is 1. The lowest BCUT2D eigenvalue weighted by Crippen LogP contribution is -2.51.